The zero-order chi connectivity index (χ0) is 38.0. The minimum absolute atomic E-state index is 0.0601. The molecule has 0 aliphatic carbocycles. The summed E-state index contributed by atoms with van der Waals surface area (Å²) >= 11 is 0. The fourth-order valence-electron chi connectivity index (χ4n) is 6.93. The van der Waals surface area contributed by atoms with Gasteiger partial charge < -0.3 is 38.1 Å². The van der Waals surface area contributed by atoms with E-state index in [0.717, 1.165) is 64.3 Å². The number of amides is 1. The summed E-state index contributed by atoms with van der Waals surface area (Å²) in [5.74, 6) is 1.33. The third-order valence-electron chi connectivity index (χ3n) is 9.79. The first-order chi connectivity index (χ1) is 25.9. The number of rotatable bonds is 23. The fraction of sp³-hybridized carbons (Fsp3) is 0.561. The van der Waals surface area contributed by atoms with Gasteiger partial charge in [-0.1, -0.05) is 32.2 Å². The van der Waals surface area contributed by atoms with Crippen molar-refractivity contribution in [2.75, 3.05) is 113 Å². The van der Waals surface area contributed by atoms with Crippen molar-refractivity contribution in [3.63, 3.8) is 0 Å². The molecular weight excluding hydrogens is 678 g/mol. The number of piperidine rings is 1. The highest BCUT2D eigenvalue weighted by Crippen LogP contribution is 2.38. The minimum Gasteiger partial charge on any atom is -0.493 e. The van der Waals surface area contributed by atoms with Gasteiger partial charge in [0.2, 0.25) is 5.91 Å². The topological polar surface area (TPSA) is 108 Å². The SMILES string of the molecule is C=CCOc1cc(OCC=C)c(C(=O)c2ccc(OCCN3CCC(N4CCOCC4)CC3)c(OC)c2)c(CC(=O)N(CCOC)CCOC)c1CC. The molecule has 2 heterocycles. The van der Waals surface area contributed by atoms with Crippen molar-refractivity contribution in [1.29, 1.82) is 0 Å². The molecule has 2 aliphatic heterocycles. The Morgan fingerprint density at radius 2 is 1.49 bits per heavy atom. The normalized spacial score (nSPS) is 15.5. The maximum Gasteiger partial charge on any atom is 0.227 e. The molecule has 0 bridgehead atoms. The van der Waals surface area contributed by atoms with Crippen LogP contribution in [0.1, 0.15) is 46.8 Å². The van der Waals surface area contributed by atoms with Gasteiger partial charge >= 0.3 is 0 Å². The van der Waals surface area contributed by atoms with E-state index in [1.54, 1.807) is 62.6 Å². The number of ketones is 1. The lowest BCUT2D eigenvalue weighted by atomic mass is 9.89. The first kappa shape index (κ1) is 41.8. The molecule has 4 rings (SSSR count). The Kier molecular flexibility index (Phi) is 17.6. The van der Waals surface area contributed by atoms with E-state index in [0.29, 0.717) is 79.5 Å². The van der Waals surface area contributed by atoms with Crippen LogP contribution in [0.5, 0.6) is 23.0 Å². The van der Waals surface area contributed by atoms with Gasteiger partial charge in [0.25, 0.3) is 0 Å². The molecule has 0 N–H and O–H groups in total. The number of benzene rings is 2. The maximum absolute atomic E-state index is 14.6. The van der Waals surface area contributed by atoms with Crippen LogP contribution >= 0.6 is 0 Å². The van der Waals surface area contributed by atoms with E-state index >= 15 is 0 Å². The average molecular weight is 738 g/mol. The summed E-state index contributed by atoms with van der Waals surface area (Å²) in [5, 5.41) is 0. The first-order valence-corrected chi connectivity index (χ1v) is 18.7. The molecular formula is C41H59N3O9. The van der Waals surface area contributed by atoms with E-state index in [9.17, 15) is 9.59 Å². The van der Waals surface area contributed by atoms with Gasteiger partial charge in [-0.15, -0.1) is 0 Å². The number of morpholine rings is 1. The smallest absolute Gasteiger partial charge is 0.227 e. The van der Waals surface area contributed by atoms with Gasteiger partial charge in [0.15, 0.2) is 17.3 Å². The Labute approximate surface area is 315 Å². The zero-order valence-corrected chi connectivity index (χ0v) is 32.2. The van der Waals surface area contributed by atoms with Crippen LogP contribution in [0.3, 0.4) is 0 Å². The predicted octanol–water partition coefficient (Wildman–Crippen LogP) is 4.46. The highest BCUT2D eigenvalue weighted by atomic mass is 16.5. The Hall–Kier alpha value is -3.94. The van der Waals surface area contributed by atoms with Crippen LogP contribution < -0.4 is 18.9 Å². The monoisotopic (exact) mass is 737 g/mol. The summed E-state index contributed by atoms with van der Waals surface area (Å²) < 4.78 is 40.2. The zero-order valence-electron chi connectivity index (χ0n) is 32.2. The number of hydrogen-bond acceptors (Lipinski definition) is 11. The molecule has 2 saturated heterocycles. The number of carbonyl (C=O) groups excluding carboxylic acids is 2. The molecule has 0 atom stereocenters. The Morgan fingerprint density at radius 1 is 0.830 bits per heavy atom. The van der Waals surface area contributed by atoms with E-state index in [4.69, 9.17) is 33.2 Å². The van der Waals surface area contributed by atoms with E-state index in [-0.39, 0.29) is 36.9 Å². The molecule has 2 aliphatic rings. The minimum atomic E-state index is -0.315. The summed E-state index contributed by atoms with van der Waals surface area (Å²) in [7, 11) is 4.75. The maximum atomic E-state index is 14.6. The molecule has 2 fully saturated rings. The standard InChI is InChI=1S/C41H59N3O9/c1-7-21-51-36-30-38(52-22-8-2)40(34(33(36)9-3)29-39(45)44(17-23-47-4)18-24-48-5)41(46)31-10-11-35(37(28-31)49-6)53-27-16-42-14-12-32(13-15-42)43-19-25-50-26-20-43/h7-8,10-11,28,30,32H,1-2,9,12-27,29H2,3-6H3. The Morgan fingerprint density at radius 3 is 2.09 bits per heavy atom. The van der Waals surface area contributed by atoms with Crippen molar-refractivity contribution in [3.05, 3.63) is 71.8 Å². The molecule has 0 radical (unpaired) electrons. The fourth-order valence-corrected chi connectivity index (χ4v) is 6.93. The molecule has 0 unspecified atom stereocenters. The van der Waals surface area contributed by atoms with Gasteiger partial charge in [-0.3, -0.25) is 19.4 Å². The molecule has 0 aromatic heterocycles. The molecule has 53 heavy (non-hydrogen) atoms. The van der Waals surface area contributed by atoms with E-state index in [2.05, 4.69) is 23.0 Å². The lowest BCUT2D eigenvalue weighted by Gasteiger charge is -2.40. The number of nitrogens with zero attached hydrogens (tertiary/aromatic N) is 3. The van der Waals surface area contributed by atoms with E-state index < -0.39 is 0 Å². The van der Waals surface area contributed by atoms with Crippen LogP contribution in [0.25, 0.3) is 0 Å². The highest BCUT2D eigenvalue weighted by Gasteiger charge is 2.29. The van der Waals surface area contributed by atoms with Crippen LogP contribution in [-0.4, -0.2) is 146 Å². The summed E-state index contributed by atoms with van der Waals surface area (Å²) in [6.45, 7) is 18.5. The number of ether oxygens (including phenoxy) is 7. The first-order valence-electron chi connectivity index (χ1n) is 18.7. The second kappa shape index (κ2) is 22.3. The van der Waals surface area contributed by atoms with Crippen LogP contribution in [0.2, 0.25) is 0 Å². The average Bonchev–Trinajstić information content (AvgIpc) is 3.19. The molecule has 292 valence electrons. The third-order valence-corrected chi connectivity index (χ3v) is 9.79. The van der Waals surface area contributed by atoms with Crippen molar-refractivity contribution in [1.82, 2.24) is 14.7 Å². The lowest BCUT2D eigenvalue weighted by molar-refractivity contribution is -0.131. The quantitative estimate of drug-likeness (QED) is 0.119. The van der Waals surface area contributed by atoms with Crippen molar-refractivity contribution in [2.45, 2.75) is 38.6 Å². The van der Waals surface area contributed by atoms with Crippen molar-refractivity contribution in [2.24, 2.45) is 0 Å². The van der Waals surface area contributed by atoms with Crippen LogP contribution in [0, 0.1) is 0 Å². The predicted molar refractivity (Wildman–Crippen MR) is 205 cm³/mol. The highest BCUT2D eigenvalue weighted by molar-refractivity contribution is 6.13. The summed E-state index contributed by atoms with van der Waals surface area (Å²) in [6.07, 6.45) is 5.99. The molecule has 1 amide bonds. The van der Waals surface area contributed by atoms with Gasteiger partial charge in [-0.2, -0.15) is 0 Å². The second-order valence-electron chi connectivity index (χ2n) is 13.1. The number of likely N-dealkylation sites (tertiary alicyclic amines) is 1. The third kappa shape index (κ3) is 11.8. The number of hydrogen-bond donors (Lipinski definition) is 0. The lowest BCUT2D eigenvalue weighted by Crippen LogP contribution is -2.49. The molecule has 0 spiro atoms. The van der Waals surface area contributed by atoms with Crippen LogP contribution in [-0.2, 0) is 31.8 Å². The van der Waals surface area contributed by atoms with Gasteiger partial charge in [0.1, 0.15) is 31.3 Å². The van der Waals surface area contributed by atoms with Gasteiger partial charge in [0, 0.05) is 64.6 Å². The molecule has 2 aromatic carbocycles. The van der Waals surface area contributed by atoms with Crippen LogP contribution in [0.4, 0.5) is 0 Å². The molecule has 0 saturated carbocycles. The van der Waals surface area contributed by atoms with Gasteiger partial charge in [0.05, 0.1) is 45.5 Å². The summed E-state index contributed by atoms with van der Waals surface area (Å²) in [4.78, 5) is 35.3. The largest absolute Gasteiger partial charge is 0.493 e. The van der Waals surface area contributed by atoms with E-state index in [1.165, 1.54) is 0 Å². The Balaban J connectivity index is 1.59. The second-order valence-corrected chi connectivity index (χ2v) is 13.1. The van der Waals surface area contributed by atoms with Crippen molar-refractivity contribution < 1.29 is 42.7 Å². The van der Waals surface area contributed by atoms with Gasteiger partial charge in [-0.25, -0.2) is 0 Å². The molecule has 12 heteroatoms. The van der Waals surface area contributed by atoms with Crippen LogP contribution in [0.15, 0.2) is 49.6 Å². The summed E-state index contributed by atoms with van der Waals surface area (Å²) in [6, 6.07) is 7.53. The van der Waals surface area contributed by atoms with Crippen molar-refractivity contribution >= 4 is 11.7 Å². The molecule has 12 nitrogen and oxygen atoms in total. The van der Waals surface area contributed by atoms with E-state index in [1.807, 2.05) is 6.92 Å². The number of carbonyl (C=O) groups is 2. The number of methoxy groups -OCH3 is 3. The summed E-state index contributed by atoms with van der Waals surface area (Å²) in [5.41, 5.74) is 1.94. The molecule has 2 aromatic rings. The van der Waals surface area contributed by atoms with Gasteiger partial charge in [-0.05, 0) is 61.7 Å². The Bertz CT molecular complexity index is 1480. The van der Waals surface area contributed by atoms with Crippen molar-refractivity contribution in [3.8, 4) is 23.0 Å².